The molecule has 1 saturated heterocycles. The van der Waals surface area contributed by atoms with Gasteiger partial charge < -0.3 is 19.7 Å². The molecule has 7 heteroatoms. The average Bonchev–Trinajstić information content (AvgIpc) is 2.92. The molecule has 26 heavy (non-hydrogen) atoms. The van der Waals surface area contributed by atoms with E-state index in [9.17, 15) is 9.90 Å². The second-order valence-corrected chi connectivity index (χ2v) is 8.15. The number of pyridine rings is 1. The van der Waals surface area contributed by atoms with Crippen molar-refractivity contribution in [2.24, 2.45) is 5.92 Å². The van der Waals surface area contributed by atoms with E-state index >= 15 is 0 Å². The van der Waals surface area contributed by atoms with Gasteiger partial charge in [-0.05, 0) is 24.8 Å². The van der Waals surface area contributed by atoms with Crippen molar-refractivity contribution >= 4 is 28.5 Å². The first kappa shape index (κ1) is 17.8. The van der Waals surface area contributed by atoms with Crippen LogP contribution in [-0.4, -0.2) is 45.9 Å². The minimum absolute atomic E-state index is 0.174. The largest absolute Gasteiger partial charge is 0.388 e. The molecule has 2 aromatic heterocycles. The second-order valence-electron chi connectivity index (χ2n) is 7.74. The Morgan fingerprint density at radius 1 is 1.54 bits per heavy atom. The summed E-state index contributed by atoms with van der Waals surface area (Å²) in [5, 5.41) is 14.8. The van der Waals surface area contributed by atoms with Gasteiger partial charge in [-0.1, -0.05) is 31.4 Å². The van der Waals surface area contributed by atoms with Crippen LogP contribution in [0.1, 0.15) is 49.0 Å². The van der Waals surface area contributed by atoms with Crippen LogP contribution >= 0.6 is 11.6 Å². The van der Waals surface area contributed by atoms with E-state index in [1.807, 2.05) is 4.57 Å². The fourth-order valence-corrected chi connectivity index (χ4v) is 4.35. The molecule has 0 unspecified atom stereocenters. The monoisotopic (exact) mass is 377 g/mol. The molecule has 3 heterocycles. The molecular formula is C19H24ClN3O3. The van der Waals surface area contributed by atoms with Crippen molar-refractivity contribution < 1.29 is 14.6 Å². The van der Waals surface area contributed by atoms with Gasteiger partial charge in [-0.25, -0.2) is 4.98 Å². The number of hydrogen-bond acceptors (Lipinski definition) is 4. The molecule has 2 fully saturated rings. The Hall–Kier alpha value is -1.63. The molecule has 2 aliphatic rings. The zero-order valence-electron chi connectivity index (χ0n) is 14.9. The Morgan fingerprint density at radius 2 is 2.35 bits per heavy atom. The summed E-state index contributed by atoms with van der Waals surface area (Å²) < 4.78 is 7.24. The number of rotatable bonds is 4. The van der Waals surface area contributed by atoms with Gasteiger partial charge in [0.05, 0.1) is 40.8 Å². The predicted octanol–water partition coefficient (Wildman–Crippen LogP) is 2.93. The third-order valence-electron chi connectivity index (χ3n) is 5.57. The third-order valence-corrected chi connectivity index (χ3v) is 5.88. The average molecular weight is 378 g/mol. The highest BCUT2D eigenvalue weighted by Crippen LogP contribution is 2.33. The van der Waals surface area contributed by atoms with E-state index in [0.29, 0.717) is 40.8 Å². The molecule has 4 rings (SSSR count). The molecule has 6 nitrogen and oxygen atoms in total. The lowest BCUT2D eigenvalue weighted by Crippen LogP contribution is -2.45. The van der Waals surface area contributed by atoms with E-state index in [2.05, 4.69) is 17.2 Å². The third kappa shape index (κ3) is 3.21. The van der Waals surface area contributed by atoms with Gasteiger partial charge in [0, 0.05) is 18.9 Å². The summed E-state index contributed by atoms with van der Waals surface area (Å²) in [5.74, 6) is 0.250. The minimum atomic E-state index is -0.824. The number of nitrogens with zero attached hydrogens (tertiary/aromatic N) is 2. The Bertz CT molecular complexity index is 833. The van der Waals surface area contributed by atoms with Crippen LogP contribution in [0.5, 0.6) is 0 Å². The molecule has 0 aromatic carbocycles. The van der Waals surface area contributed by atoms with Crippen LogP contribution in [0.3, 0.4) is 0 Å². The van der Waals surface area contributed by atoms with E-state index in [0.717, 1.165) is 25.7 Å². The lowest BCUT2D eigenvalue weighted by molar-refractivity contribution is -0.0216. The van der Waals surface area contributed by atoms with E-state index in [1.165, 1.54) is 0 Å². The van der Waals surface area contributed by atoms with Gasteiger partial charge in [-0.2, -0.15) is 0 Å². The first-order valence-corrected chi connectivity index (χ1v) is 9.58. The fraction of sp³-hybridized carbons (Fsp3) is 0.579. The first-order valence-electron chi connectivity index (χ1n) is 9.20. The molecule has 2 N–H and O–H groups in total. The number of nitrogens with one attached hydrogen (secondary N) is 1. The Labute approximate surface area is 157 Å². The zero-order valence-corrected chi connectivity index (χ0v) is 15.6. The van der Waals surface area contributed by atoms with Gasteiger partial charge in [-0.15, -0.1) is 0 Å². The van der Waals surface area contributed by atoms with Gasteiger partial charge in [-0.3, -0.25) is 4.79 Å². The summed E-state index contributed by atoms with van der Waals surface area (Å²) in [6.07, 6.45) is 7.02. The zero-order chi connectivity index (χ0) is 18.3. The minimum Gasteiger partial charge on any atom is -0.388 e. The van der Waals surface area contributed by atoms with Gasteiger partial charge in [0.25, 0.3) is 5.91 Å². The number of aromatic nitrogens is 2. The number of amides is 1. The predicted molar refractivity (Wildman–Crippen MR) is 99.5 cm³/mol. The van der Waals surface area contributed by atoms with Crippen LogP contribution in [0.4, 0.5) is 0 Å². The van der Waals surface area contributed by atoms with Crippen molar-refractivity contribution in [3.8, 4) is 0 Å². The van der Waals surface area contributed by atoms with Crippen LogP contribution < -0.4 is 5.32 Å². The van der Waals surface area contributed by atoms with Crippen molar-refractivity contribution in [2.75, 3.05) is 19.8 Å². The van der Waals surface area contributed by atoms with E-state index in [4.69, 9.17) is 16.3 Å². The Kier molecular flexibility index (Phi) is 4.67. The van der Waals surface area contributed by atoms with E-state index in [-0.39, 0.29) is 18.5 Å². The van der Waals surface area contributed by atoms with Gasteiger partial charge in [0.1, 0.15) is 5.65 Å². The van der Waals surface area contributed by atoms with E-state index in [1.54, 1.807) is 18.5 Å². The second kappa shape index (κ2) is 6.83. The molecule has 140 valence electrons. The molecule has 0 radical (unpaired) electrons. The van der Waals surface area contributed by atoms with Crippen LogP contribution in [0.15, 0.2) is 18.5 Å². The molecule has 0 spiro atoms. The fourth-order valence-electron chi connectivity index (χ4n) is 4.10. The van der Waals surface area contributed by atoms with Crippen molar-refractivity contribution in [3.05, 3.63) is 29.0 Å². The lowest BCUT2D eigenvalue weighted by Gasteiger charge is -2.35. The molecule has 0 bridgehead atoms. The summed E-state index contributed by atoms with van der Waals surface area (Å²) in [7, 11) is 0. The number of aliphatic hydroxyl groups is 1. The van der Waals surface area contributed by atoms with E-state index < -0.39 is 5.60 Å². The van der Waals surface area contributed by atoms with Gasteiger partial charge in [0.15, 0.2) is 0 Å². The molecule has 1 aliphatic heterocycles. The van der Waals surface area contributed by atoms with Crippen molar-refractivity contribution in [1.29, 1.82) is 0 Å². The molecule has 2 aromatic rings. The summed E-state index contributed by atoms with van der Waals surface area (Å²) in [6.45, 7) is 3.62. The lowest BCUT2D eigenvalue weighted by atomic mass is 9.79. The summed E-state index contributed by atoms with van der Waals surface area (Å²) in [6, 6.07) is 1.87. The highest BCUT2D eigenvalue weighted by molar-refractivity contribution is 6.36. The van der Waals surface area contributed by atoms with Crippen molar-refractivity contribution in [3.63, 3.8) is 0 Å². The van der Waals surface area contributed by atoms with Crippen molar-refractivity contribution in [2.45, 2.75) is 44.2 Å². The molecule has 1 aliphatic carbocycles. The quantitative estimate of drug-likeness (QED) is 0.858. The molecular weight excluding hydrogens is 354 g/mol. The molecule has 1 amide bonds. The maximum absolute atomic E-state index is 12.9. The summed E-state index contributed by atoms with van der Waals surface area (Å²) in [4.78, 5) is 17.3. The summed E-state index contributed by atoms with van der Waals surface area (Å²) in [5.41, 5.74) is 0.369. The van der Waals surface area contributed by atoms with Gasteiger partial charge >= 0.3 is 0 Å². The Morgan fingerprint density at radius 3 is 3.04 bits per heavy atom. The number of carbonyl (C=O) groups is 1. The molecule has 1 saturated carbocycles. The van der Waals surface area contributed by atoms with Crippen molar-refractivity contribution in [1.82, 2.24) is 14.9 Å². The SMILES string of the molecule is C[C@@H]1CCC[C@](O)(CNC(=O)c2cn(C3COC3)c3nccc(Cl)c23)C1. The number of hydrogen-bond donors (Lipinski definition) is 2. The number of carbonyl (C=O) groups excluding carboxylic acids is 1. The normalized spacial score (nSPS) is 26.7. The number of fused-ring (bicyclic) bond motifs is 1. The first-order chi connectivity index (χ1) is 12.5. The highest BCUT2D eigenvalue weighted by atomic mass is 35.5. The summed E-state index contributed by atoms with van der Waals surface area (Å²) >= 11 is 6.37. The number of ether oxygens (including phenoxy) is 1. The standard InChI is InChI=1S/C19H24ClN3O3/c1-12-3-2-5-19(25,7-12)11-22-18(24)14-8-23(13-9-26-10-13)17-16(14)15(20)4-6-21-17/h4,6,8,12-13,25H,2-3,5,7,9-11H2,1H3,(H,22,24)/t12-,19-/m1/s1. The van der Waals surface area contributed by atoms with Crippen LogP contribution in [0.2, 0.25) is 5.02 Å². The van der Waals surface area contributed by atoms with Crippen LogP contribution in [-0.2, 0) is 4.74 Å². The maximum Gasteiger partial charge on any atom is 0.253 e. The number of halogens is 1. The van der Waals surface area contributed by atoms with Gasteiger partial charge in [0.2, 0.25) is 0 Å². The Balaban J connectivity index is 1.58. The van der Waals surface area contributed by atoms with Crippen LogP contribution in [0.25, 0.3) is 11.0 Å². The highest BCUT2D eigenvalue weighted by Gasteiger charge is 2.33. The maximum atomic E-state index is 12.9. The van der Waals surface area contributed by atoms with Crippen LogP contribution in [0, 0.1) is 5.92 Å². The topological polar surface area (TPSA) is 76.4 Å². The molecule has 2 atom stereocenters. The smallest absolute Gasteiger partial charge is 0.253 e.